The van der Waals surface area contributed by atoms with Crippen molar-refractivity contribution in [1.29, 1.82) is 0 Å². The van der Waals surface area contributed by atoms with Crippen LogP contribution in [-0.4, -0.2) is 85.4 Å². The first-order valence-corrected chi connectivity index (χ1v) is 15.2. The number of anilines is 2. The molecule has 44 heavy (non-hydrogen) atoms. The molecular weight excluding hydrogens is 742 g/mol. The maximum absolute atomic E-state index is 13.3. The Balaban J connectivity index is -0.00000133. The van der Waals surface area contributed by atoms with Crippen molar-refractivity contribution in [3.8, 4) is 11.5 Å². The number of phenolic OH excluding ortho intramolecular Hbond substituents is 2. The zero-order chi connectivity index (χ0) is 29.2. The van der Waals surface area contributed by atoms with Crippen LogP contribution in [0.3, 0.4) is 0 Å². The summed E-state index contributed by atoms with van der Waals surface area (Å²) in [7, 11) is -21.7. The number of hydrogen-bond acceptors (Lipinski definition) is 18. The Bertz CT molecular complexity index is 1750. The number of nitrogens with one attached hydrogen (secondary N) is 2. The molecule has 0 unspecified atom stereocenters. The van der Waals surface area contributed by atoms with Gasteiger partial charge in [0, 0.05) is 11.4 Å². The van der Waals surface area contributed by atoms with Crippen molar-refractivity contribution < 1.29 is 249 Å². The second-order valence-corrected chi connectivity index (χ2v) is 12.9. The third-order valence-electron chi connectivity index (χ3n) is 4.86. The monoisotopic (exact) mass is 752 g/mol. The van der Waals surface area contributed by atoms with Crippen molar-refractivity contribution in [1.82, 2.24) is 0 Å². The number of fused-ring (bicyclic) bond motifs is 2. The van der Waals surface area contributed by atoms with Crippen LogP contribution in [0, 0.1) is 0 Å². The Morgan fingerprint density at radius 2 is 0.773 bits per heavy atom. The summed E-state index contributed by atoms with van der Waals surface area (Å²) >= 11 is 0. The van der Waals surface area contributed by atoms with Crippen LogP contribution in [0.5, 0.6) is 11.5 Å². The van der Waals surface area contributed by atoms with Crippen LogP contribution < -0.4 is 188 Å². The molecule has 0 radical (unpaired) electrons. The fourth-order valence-electron chi connectivity index (χ4n) is 3.45. The molecule has 3 rings (SSSR count). The van der Waals surface area contributed by atoms with Crippen LogP contribution in [0.4, 0.5) is 11.4 Å². The molecular formula is C16H10N2Na6O16S4+2. The van der Waals surface area contributed by atoms with Gasteiger partial charge in [-0.1, -0.05) is 0 Å². The molecule has 0 fully saturated rings. The molecule has 208 valence electrons. The van der Waals surface area contributed by atoms with E-state index in [2.05, 4.69) is 0 Å². The number of ketones is 2. The van der Waals surface area contributed by atoms with Gasteiger partial charge in [0.2, 0.25) is 11.6 Å². The standard InChI is InChI=1S/C16H14N2O16S4.6Na/c19-13-7(37(29,30)31)1-5(17-3-35(23,24)25)9-11(13)16(22)10-6(18-4-36(26,27)28)2-8(38(32,33)34)14(20)12(10)15(9)21;;;;;;/h1-2,17-20H,3-4H2,(H,23,24,25)(H,26,27,28)(H,29,30,31)(H,32,33,34);;;;;;/q;6*+1/p-4. The molecule has 0 heterocycles. The summed E-state index contributed by atoms with van der Waals surface area (Å²) in [5, 5.41) is 24.4. The quantitative estimate of drug-likeness (QED) is 0.0943. The summed E-state index contributed by atoms with van der Waals surface area (Å²) < 4.78 is 136. The van der Waals surface area contributed by atoms with Crippen LogP contribution in [0.15, 0.2) is 21.9 Å². The van der Waals surface area contributed by atoms with E-state index in [0.29, 0.717) is 0 Å². The summed E-state index contributed by atoms with van der Waals surface area (Å²) in [6.45, 7) is 0. The summed E-state index contributed by atoms with van der Waals surface area (Å²) in [6, 6.07) is 0.346. The fourth-order valence-corrected chi connectivity index (χ4v) is 5.32. The molecule has 0 aromatic heterocycles. The Hall–Kier alpha value is 2.62. The molecule has 2 aromatic rings. The van der Waals surface area contributed by atoms with Gasteiger partial charge in [-0.2, -0.15) is 0 Å². The average molecular weight is 752 g/mol. The molecule has 0 atom stereocenters. The number of carbonyl (C=O) groups excluding carboxylic acids is 2. The Labute approximate surface area is 383 Å². The van der Waals surface area contributed by atoms with Gasteiger partial charge in [-0.05, 0) is 12.1 Å². The van der Waals surface area contributed by atoms with Crippen LogP contribution in [0.25, 0.3) is 0 Å². The van der Waals surface area contributed by atoms with Crippen LogP contribution in [0.2, 0.25) is 0 Å². The smallest absolute Gasteiger partial charge is 0.747 e. The number of rotatable bonds is 8. The van der Waals surface area contributed by atoms with Crippen molar-refractivity contribution in [2.75, 3.05) is 22.4 Å². The van der Waals surface area contributed by atoms with Crippen LogP contribution in [0.1, 0.15) is 31.8 Å². The third kappa shape index (κ3) is 12.4. The molecule has 0 spiro atoms. The predicted molar refractivity (Wildman–Crippen MR) is 115 cm³/mol. The van der Waals surface area contributed by atoms with Gasteiger partial charge < -0.3 is 39.1 Å². The number of aromatic hydroxyl groups is 2. The zero-order valence-corrected chi connectivity index (χ0v) is 39.1. The van der Waals surface area contributed by atoms with Crippen molar-refractivity contribution in [3.05, 3.63) is 34.4 Å². The van der Waals surface area contributed by atoms with Crippen molar-refractivity contribution in [3.63, 3.8) is 0 Å². The molecule has 1 aliphatic rings. The SMILES string of the molecule is O=C1c2c(NCS(=O)(=O)[O-])cc(S(=O)(=O)[O-])c(O)c2C(=O)c2c(NCS(=O)(=O)[O-])cc(S(=O)(=O)[O-])c(O)c21.[Na+].[Na+].[Na+].[Na+].[Na+].[Na+]. The second-order valence-electron chi connectivity index (χ2n) is 7.37. The van der Waals surface area contributed by atoms with E-state index in [1.165, 1.54) is 0 Å². The van der Waals surface area contributed by atoms with Gasteiger partial charge in [0.25, 0.3) is 0 Å². The van der Waals surface area contributed by atoms with Gasteiger partial charge in [-0.25, -0.2) is 33.7 Å². The van der Waals surface area contributed by atoms with E-state index in [-0.39, 0.29) is 189 Å². The molecule has 0 saturated carbocycles. The summed E-state index contributed by atoms with van der Waals surface area (Å²) in [6.07, 6.45) is 0. The summed E-state index contributed by atoms with van der Waals surface area (Å²) in [5.74, 6) is -9.88. The van der Waals surface area contributed by atoms with E-state index in [1.54, 1.807) is 10.6 Å². The topological polar surface area (TPSA) is 327 Å². The van der Waals surface area contributed by atoms with E-state index < -0.39 is 119 Å². The molecule has 0 amide bonds. The molecule has 18 nitrogen and oxygen atoms in total. The first-order valence-electron chi connectivity index (χ1n) is 9.20. The van der Waals surface area contributed by atoms with Gasteiger partial charge in [-0.3, -0.25) is 9.59 Å². The Morgan fingerprint density at radius 1 is 0.523 bits per heavy atom. The molecule has 4 N–H and O–H groups in total. The summed E-state index contributed by atoms with van der Waals surface area (Å²) in [5.41, 5.74) is -7.10. The number of phenols is 2. The maximum atomic E-state index is 13.3. The van der Waals surface area contributed by atoms with Crippen LogP contribution in [-0.2, 0) is 40.5 Å². The normalized spacial score (nSPS) is 12.2. The second kappa shape index (κ2) is 19.3. The van der Waals surface area contributed by atoms with E-state index in [9.17, 15) is 71.7 Å². The number of carbonyl (C=O) groups is 2. The van der Waals surface area contributed by atoms with Crippen molar-refractivity contribution in [2.45, 2.75) is 9.79 Å². The van der Waals surface area contributed by atoms with Gasteiger partial charge in [0.1, 0.15) is 63.7 Å². The summed E-state index contributed by atoms with van der Waals surface area (Å²) in [4.78, 5) is 23.5. The van der Waals surface area contributed by atoms with Crippen molar-refractivity contribution >= 4 is 63.4 Å². The molecule has 2 aromatic carbocycles. The first kappa shape index (κ1) is 53.4. The van der Waals surface area contributed by atoms with E-state index in [1.807, 2.05) is 0 Å². The third-order valence-corrected chi connectivity index (χ3v) is 7.55. The van der Waals surface area contributed by atoms with E-state index in [0.717, 1.165) is 0 Å². The minimum absolute atomic E-state index is 0. The van der Waals surface area contributed by atoms with Gasteiger partial charge >= 0.3 is 177 Å². The maximum Gasteiger partial charge on any atom is 1.00 e. The molecule has 0 bridgehead atoms. The largest absolute Gasteiger partial charge is 1.00 e. The molecule has 0 saturated heterocycles. The van der Waals surface area contributed by atoms with Gasteiger partial charge in [-0.15, -0.1) is 0 Å². The Kier molecular flexibility index (Phi) is 23.4. The average Bonchev–Trinajstić information content (AvgIpc) is 2.72. The fraction of sp³-hybridized carbons (Fsp3) is 0.125. The molecule has 28 heteroatoms. The zero-order valence-electron chi connectivity index (χ0n) is 23.8. The van der Waals surface area contributed by atoms with Crippen LogP contribution >= 0.6 is 0 Å². The Morgan fingerprint density at radius 3 is 0.977 bits per heavy atom. The number of benzene rings is 2. The van der Waals surface area contributed by atoms with Gasteiger partial charge in [0.15, 0.2) is 0 Å². The van der Waals surface area contributed by atoms with E-state index >= 15 is 0 Å². The number of hydrogen-bond donors (Lipinski definition) is 4. The molecule has 0 aliphatic heterocycles. The van der Waals surface area contributed by atoms with Crippen molar-refractivity contribution in [2.24, 2.45) is 0 Å². The minimum Gasteiger partial charge on any atom is -0.747 e. The predicted octanol–water partition coefficient (Wildman–Crippen LogP) is -20.5. The molecule has 1 aliphatic carbocycles. The minimum atomic E-state index is -5.67. The van der Waals surface area contributed by atoms with E-state index in [4.69, 9.17) is 0 Å². The first-order chi connectivity index (χ1) is 17.0. The van der Waals surface area contributed by atoms with Gasteiger partial charge in [0.05, 0.1) is 32.0 Å².